The van der Waals surface area contributed by atoms with E-state index in [0.29, 0.717) is 6.54 Å². The number of thiophene rings is 1. The van der Waals surface area contributed by atoms with Crippen LogP contribution in [-0.4, -0.2) is 38.2 Å². The zero-order valence-corrected chi connectivity index (χ0v) is 15.9. The summed E-state index contributed by atoms with van der Waals surface area (Å²) in [6.07, 6.45) is 5.23. The van der Waals surface area contributed by atoms with E-state index in [4.69, 9.17) is 0 Å². The lowest BCUT2D eigenvalue weighted by atomic mass is 10.2. The van der Waals surface area contributed by atoms with Gasteiger partial charge in [0.15, 0.2) is 0 Å². The van der Waals surface area contributed by atoms with Crippen LogP contribution in [0.3, 0.4) is 0 Å². The maximum Gasteiger partial charge on any atom is 0.266 e. The van der Waals surface area contributed by atoms with E-state index < -0.39 is 0 Å². The van der Waals surface area contributed by atoms with E-state index in [2.05, 4.69) is 10.1 Å². The van der Waals surface area contributed by atoms with Crippen molar-refractivity contribution in [2.24, 2.45) is 0 Å². The van der Waals surface area contributed by atoms with Crippen molar-refractivity contribution in [1.82, 2.24) is 19.7 Å². The second-order valence-electron chi connectivity index (χ2n) is 6.68. The summed E-state index contributed by atoms with van der Waals surface area (Å²) in [5.74, 6) is 0.0499. The quantitative estimate of drug-likeness (QED) is 0.698. The van der Waals surface area contributed by atoms with Gasteiger partial charge in [0, 0.05) is 35.4 Å². The molecule has 138 valence electrons. The molecule has 4 heterocycles. The van der Waals surface area contributed by atoms with Crippen molar-refractivity contribution in [3.63, 3.8) is 0 Å². The smallest absolute Gasteiger partial charge is 0.266 e. The summed E-state index contributed by atoms with van der Waals surface area (Å²) >= 11 is 1.51. The summed E-state index contributed by atoms with van der Waals surface area (Å²) in [6, 6.07) is 10.8. The molecule has 1 aliphatic rings. The van der Waals surface area contributed by atoms with Crippen molar-refractivity contribution in [2.45, 2.75) is 32.4 Å². The maximum absolute atomic E-state index is 12.9. The van der Waals surface area contributed by atoms with Crippen molar-refractivity contribution in [1.29, 1.82) is 0 Å². The van der Waals surface area contributed by atoms with Gasteiger partial charge in [-0.3, -0.25) is 14.6 Å². The first-order valence-corrected chi connectivity index (χ1v) is 9.79. The summed E-state index contributed by atoms with van der Waals surface area (Å²) in [5, 5.41) is 4.52. The van der Waals surface area contributed by atoms with E-state index in [1.54, 1.807) is 18.5 Å². The third kappa shape index (κ3) is 3.68. The van der Waals surface area contributed by atoms with Gasteiger partial charge in [0.2, 0.25) is 0 Å². The third-order valence-electron chi connectivity index (χ3n) is 4.82. The molecule has 6 nitrogen and oxygen atoms in total. The van der Waals surface area contributed by atoms with Gasteiger partial charge in [-0.2, -0.15) is 5.10 Å². The highest BCUT2D eigenvalue weighted by atomic mass is 32.1. The van der Waals surface area contributed by atoms with E-state index in [1.807, 2.05) is 36.1 Å². The Morgan fingerprint density at radius 3 is 2.74 bits per heavy atom. The fraction of sp³-hybridized carbons (Fsp3) is 0.300. The van der Waals surface area contributed by atoms with Gasteiger partial charge in [0.1, 0.15) is 0 Å². The lowest BCUT2D eigenvalue weighted by Gasteiger charge is -2.24. The number of nitrogens with zero attached hydrogens (tertiary/aromatic N) is 4. The molecule has 1 aliphatic heterocycles. The molecule has 3 aromatic heterocycles. The Morgan fingerprint density at radius 1 is 1.19 bits per heavy atom. The number of hydrogen-bond donors (Lipinski definition) is 0. The maximum atomic E-state index is 12.9. The van der Waals surface area contributed by atoms with Crippen LogP contribution in [0.1, 0.15) is 27.4 Å². The Labute approximate surface area is 161 Å². The molecule has 3 aromatic rings. The van der Waals surface area contributed by atoms with Crippen LogP contribution in [-0.2, 0) is 6.54 Å². The molecular weight excluding hydrogens is 360 g/mol. The van der Waals surface area contributed by atoms with Gasteiger partial charge < -0.3 is 4.90 Å². The highest BCUT2D eigenvalue weighted by Crippen LogP contribution is 2.24. The molecule has 0 aromatic carbocycles. The minimum absolute atomic E-state index is 0.0159. The molecule has 1 saturated heterocycles. The van der Waals surface area contributed by atoms with E-state index >= 15 is 0 Å². The van der Waals surface area contributed by atoms with Crippen LogP contribution >= 0.6 is 11.3 Å². The average Bonchev–Trinajstić information content (AvgIpc) is 3.33. The van der Waals surface area contributed by atoms with Crippen molar-refractivity contribution in [2.75, 3.05) is 6.54 Å². The molecule has 0 bridgehead atoms. The summed E-state index contributed by atoms with van der Waals surface area (Å²) in [7, 11) is 0. The molecule has 4 rings (SSSR count). The second-order valence-corrected chi connectivity index (χ2v) is 7.97. The monoisotopic (exact) mass is 380 g/mol. The standard InChI is InChI=1S/C20H20N4O2S/c1-14-4-6-18(27-14)20(26)23-12-2-3-16(23)13-24-19(25)7-5-17(22-24)15-8-10-21-11-9-15/h4-11,16H,2-3,12-13H2,1H3. The van der Waals surface area contributed by atoms with Gasteiger partial charge in [0.25, 0.3) is 11.5 Å². The minimum atomic E-state index is -0.154. The molecule has 1 amide bonds. The number of rotatable bonds is 4. The normalized spacial score (nSPS) is 16.6. The molecule has 1 atom stereocenters. The highest BCUT2D eigenvalue weighted by molar-refractivity contribution is 7.13. The first kappa shape index (κ1) is 17.6. The summed E-state index contributed by atoms with van der Waals surface area (Å²) in [6.45, 7) is 3.13. The molecule has 0 N–H and O–H groups in total. The van der Waals surface area contributed by atoms with E-state index in [9.17, 15) is 9.59 Å². The molecule has 1 fully saturated rings. The van der Waals surface area contributed by atoms with Gasteiger partial charge in [0.05, 0.1) is 23.2 Å². The minimum Gasteiger partial charge on any atom is -0.333 e. The summed E-state index contributed by atoms with van der Waals surface area (Å²) in [5.41, 5.74) is 1.48. The zero-order valence-electron chi connectivity index (χ0n) is 15.0. The zero-order chi connectivity index (χ0) is 18.8. The first-order chi connectivity index (χ1) is 13.1. The summed E-state index contributed by atoms with van der Waals surface area (Å²) in [4.78, 5) is 33.0. The second kappa shape index (κ2) is 7.44. The van der Waals surface area contributed by atoms with Crippen LogP contribution < -0.4 is 5.56 Å². The Hall–Kier alpha value is -2.80. The van der Waals surface area contributed by atoms with E-state index in [1.165, 1.54) is 22.1 Å². The topological polar surface area (TPSA) is 68.1 Å². The highest BCUT2D eigenvalue weighted by Gasteiger charge is 2.30. The number of likely N-dealkylation sites (tertiary alicyclic amines) is 1. The Balaban J connectivity index is 1.58. The third-order valence-corrected chi connectivity index (χ3v) is 5.80. The van der Waals surface area contributed by atoms with Gasteiger partial charge >= 0.3 is 0 Å². The van der Waals surface area contributed by atoms with E-state index in [0.717, 1.165) is 40.4 Å². The van der Waals surface area contributed by atoms with Gasteiger partial charge in [-0.05, 0) is 50.1 Å². The largest absolute Gasteiger partial charge is 0.333 e. The van der Waals surface area contributed by atoms with Crippen LogP contribution in [0, 0.1) is 6.92 Å². The number of amides is 1. The van der Waals surface area contributed by atoms with Crippen molar-refractivity contribution in [3.05, 3.63) is 68.9 Å². The van der Waals surface area contributed by atoms with Gasteiger partial charge in [-0.25, -0.2) is 4.68 Å². The Kier molecular flexibility index (Phi) is 4.85. The predicted octanol–water partition coefficient (Wildman–Crippen LogP) is 2.98. The number of pyridine rings is 1. The SMILES string of the molecule is Cc1ccc(C(=O)N2CCCC2Cn2nc(-c3ccncc3)ccc2=O)s1. The molecule has 27 heavy (non-hydrogen) atoms. The van der Waals surface area contributed by atoms with Crippen molar-refractivity contribution >= 4 is 17.2 Å². The van der Waals surface area contributed by atoms with Gasteiger partial charge in [-0.1, -0.05) is 0 Å². The molecule has 1 unspecified atom stereocenters. The number of aryl methyl sites for hydroxylation is 1. The van der Waals surface area contributed by atoms with Crippen LogP contribution in [0.4, 0.5) is 0 Å². The fourth-order valence-electron chi connectivity index (χ4n) is 3.44. The van der Waals surface area contributed by atoms with Crippen molar-refractivity contribution in [3.8, 4) is 11.3 Å². The fourth-order valence-corrected chi connectivity index (χ4v) is 4.26. The average molecular weight is 380 g/mol. The molecule has 0 radical (unpaired) electrons. The molecule has 0 aliphatic carbocycles. The molecular formula is C20H20N4O2S. The Morgan fingerprint density at radius 2 is 2.00 bits per heavy atom. The van der Waals surface area contributed by atoms with Crippen molar-refractivity contribution < 1.29 is 4.79 Å². The predicted molar refractivity (Wildman–Crippen MR) is 105 cm³/mol. The molecule has 0 saturated carbocycles. The molecule has 0 spiro atoms. The van der Waals surface area contributed by atoms with Crippen LogP contribution in [0.2, 0.25) is 0 Å². The Bertz CT molecular complexity index is 1010. The lowest BCUT2D eigenvalue weighted by molar-refractivity contribution is 0.0725. The number of aromatic nitrogens is 3. The number of hydrogen-bond acceptors (Lipinski definition) is 5. The van der Waals surface area contributed by atoms with E-state index in [-0.39, 0.29) is 17.5 Å². The lowest BCUT2D eigenvalue weighted by Crippen LogP contribution is -2.40. The number of carbonyl (C=O) groups is 1. The van der Waals surface area contributed by atoms with Gasteiger partial charge in [-0.15, -0.1) is 11.3 Å². The molecule has 7 heteroatoms. The van der Waals surface area contributed by atoms with Crippen LogP contribution in [0.25, 0.3) is 11.3 Å². The van der Waals surface area contributed by atoms with Crippen LogP contribution in [0.15, 0.2) is 53.6 Å². The first-order valence-electron chi connectivity index (χ1n) is 8.98. The summed E-state index contributed by atoms with van der Waals surface area (Å²) < 4.78 is 1.48. The number of carbonyl (C=O) groups excluding carboxylic acids is 1. The van der Waals surface area contributed by atoms with Crippen LogP contribution in [0.5, 0.6) is 0 Å².